The Morgan fingerprint density at radius 2 is 2.30 bits per heavy atom. The van der Waals surface area contributed by atoms with Gasteiger partial charge in [-0.3, -0.25) is 4.79 Å². The van der Waals surface area contributed by atoms with Gasteiger partial charge in [-0.25, -0.2) is 4.68 Å². The molecule has 5 nitrogen and oxygen atoms in total. The van der Waals surface area contributed by atoms with Crippen LogP contribution in [0.25, 0.3) is 0 Å². The minimum Gasteiger partial charge on any atom is -0.366 e. The number of anilines is 1. The molecule has 2 heterocycles. The first-order chi connectivity index (χ1) is 9.54. The normalized spacial score (nSPS) is 23.1. The summed E-state index contributed by atoms with van der Waals surface area (Å²) in [6.45, 7) is 5.80. The highest BCUT2D eigenvalue weighted by molar-refractivity contribution is 9.10. The largest absolute Gasteiger partial charge is 0.366 e. The van der Waals surface area contributed by atoms with E-state index in [2.05, 4.69) is 39.8 Å². The number of unbranched alkanes of at least 4 members (excludes halogenated alkanes) is 1. The summed E-state index contributed by atoms with van der Waals surface area (Å²) in [5.74, 6) is 0. The number of piperidine rings is 1. The van der Waals surface area contributed by atoms with Crippen molar-refractivity contribution < 1.29 is 0 Å². The minimum atomic E-state index is -0.0435. The molecule has 0 aromatic carbocycles. The van der Waals surface area contributed by atoms with E-state index >= 15 is 0 Å². The van der Waals surface area contributed by atoms with Crippen molar-refractivity contribution in [2.45, 2.75) is 58.2 Å². The maximum Gasteiger partial charge on any atom is 0.283 e. The smallest absolute Gasteiger partial charge is 0.283 e. The minimum absolute atomic E-state index is 0.0435. The zero-order valence-electron chi connectivity index (χ0n) is 12.2. The van der Waals surface area contributed by atoms with Gasteiger partial charge in [0.15, 0.2) is 0 Å². The van der Waals surface area contributed by atoms with E-state index < -0.39 is 0 Å². The quantitative estimate of drug-likeness (QED) is 0.910. The number of hydrogen-bond acceptors (Lipinski definition) is 4. The number of rotatable bonds is 4. The average Bonchev–Trinajstić information content (AvgIpc) is 2.41. The molecule has 0 radical (unpaired) electrons. The van der Waals surface area contributed by atoms with Crippen LogP contribution in [-0.4, -0.2) is 28.4 Å². The zero-order chi connectivity index (χ0) is 14.7. The summed E-state index contributed by atoms with van der Waals surface area (Å²) in [6, 6.07) is 0.598. The summed E-state index contributed by atoms with van der Waals surface area (Å²) < 4.78 is 2.16. The molecule has 0 saturated carbocycles. The highest BCUT2D eigenvalue weighted by atomic mass is 79.9. The van der Waals surface area contributed by atoms with Crippen LogP contribution in [0.15, 0.2) is 15.5 Å². The molecule has 112 valence electrons. The molecule has 1 aliphatic heterocycles. The van der Waals surface area contributed by atoms with Crippen LogP contribution >= 0.6 is 15.9 Å². The van der Waals surface area contributed by atoms with Crippen molar-refractivity contribution in [1.29, 1.82) is 0 Å². The Balaban J connectivity index is 2.25. The molecule has 0 amide bonds. The Labute approximate surface area is 128 Å². The summed E-state index contributed by atoms with van der Waals surface area (Å²) in [6.07, 6.45) is 5.72. The molecule has 1 saturated heterocycles. The maximum absolute atomic E-state index is 12.3. The number of hydrogen-bond donors (Lipinski definition) is 1. The van der Waals surface area contributed by atoms with E-state index in [1.165, 1.54) is 4.68 Å². The lowest BCUT2D eigenvalue weighted by Gasteiger charge is -2.38. The molecule has 6 heteroatoms. The van der Waals surface area contributed by atoms with Crippen molar-refractivity contribution in [2.24, 2.45) is 5.73 Å². The first kappa shape index (κ1) is 15.5. The molecule has 0 bridgehead atoms. The Bertz CT molecular complexity index is 516. The molecule has 1 aromatic heterocycles. The molecule has 2 rings (SSSR count). The molecule has 1 fully saturated rings. The Kier molecular flexibility index (Phi) is 5.21. The highest BCUT2D eigenvalue weighted by Crippen LogP contribution is 2.28. The van der Waals surface area contributed by atoms with E-state index in [0.29, 0.717) is 17.1 Å². The average molecular weight is 343 g/mol. The lowest BCUT2D eigenvalue weighted by molar-refractivity contribution is 0.427. The molecule has 0 aliphatic carbocycles. The third kappa shape index (κ3) is 3.23. The standard InChI is InChI=1S/C14H23BrN4O/c1-3-4-6-19-14(20)13(15)12(9-17-19)18-7-5-11(16)8-10(18)2/h9-11H,3-8,16H2,1-2H3. The molecule has 1 aromatic rings. The van der Waals surface area contributed by atoms with Gasteiger partial charge in [0.1, 0.15) is 4.47 Å². The van der Waals surface area contributed by atoms with Crippen LogP contribution in [0.5, 0.6) is 0 Å². The van der Waals surface area contributed by atoms with Crippen molar-refractivity contribution in [1.82, 2.24) is 9.78 Å². The predicted molar refractivity (Wildman–Crippen MR) is 85.1 cm³/mol. The van der Waals surface area contributed by atoms with Crippen molar-refractivity contribution in [2.75, 3.05) is 11.4 Å². The van der Waals surface area contributed by atoms with Gasteiger partial charge in [0.05, 0.1) is 11.9 Å². The molecule has 2 N–H and O–H groups in total. The van der Waals surface area contributed by atoms with Gasteiger partial charge in [-0.1, -0.05) is 13.3 Å². The SMILES string of the molecule is CCCCn1ncc(N2CCC(N)CC2C)c(Br)c1=O. The third-order valence-electron chi connectivity index (χ3n) is 3.92. The number of aromatic nitrogens is 2. The maximum atomic E-state index is 12.3. The summed E-state index contributed by atoms with van der Waals surface area (Å²) >= 11 is 3.45. The van der Waals surface area contributed by atoms with Gasteiger partial charge in [-0.2, -0.15) is 5.10 Å². The second kappa shape index (κ2) is 6.72. The number of nitrogens with two attached hydrogens (primary N) is 1. The molecule has 1 aliphatic rings. The van der Waals surface area contributed by atoms with Crippen LogP contribution in [0.1, 0.15) is 39.5 Å². The predicted octanol–water partition coefficient (Wildman–Crippen LogP) is 2.12. The van der Waals surface area contributed by atoms with E-state index in [1.54, 1.807) is 6.20 Å². The summed E-state index contributed by atoms with van der Waals surface area (Å²) in [4.78, 5) is 14.5. The highest BCUT2D eigenvalue weighted by Gasteiger charge is 2.26. The summed E-state index contributed by atoms with van der Waals surface area (Å²) in [7, 11) is 0. The van der Waals surface area contributed by atoms with Crippen molar-refractivity contribution in [3.63, 3.8) is 0 Å². The summed E-state index contributed by atoms with van der Waals surface area (Å²) in [5.41, 5.74) is 6.84. The summed E-state index contributed by atoms with van der Waals surface area (Å²) in [5, 5.41) is 4.31. The third-order valence-corrected chi connectivity index (χ3v) is 4.66. The van der Waals surface area contributed by atoms with Gasteiger partial charge in [0, 0.05) is 25.2 Å². The number of aryl methyl sites for hydroxylation is 1. The van der Waals surface area contributed by atoms with Crippen molar-refractivity contribution >= 4 is 21.6 Å². The molecule has 2 unspecified atom stereocenters. The molecule has 20 heavy (non-hydrogen) atoms. The van der Waals surface area contributed by atoms with Gasteiger partial charge < -0.3 is 10.6 Å². The van der Waals surface area contributed by atoms with Crippen LogP contribution in [0, 0.1) is 0 Å². The van der Waals surface area contributed by atoms with Gasteiger partial charge in [0.25, 0.3) is 5.56 Å². The zero-order valence-corrected chi connectivity index (χ0v) is 13.8. The molecule has 0 spiro atoms. The lowest BCUT2D eigenvalue weighted by atomic mass is 9.99. The van der Waals surface area contributed by atoms with E-state index in [0.717, 1.165) is 37.9 Å². The molecule has 2 atom stereocenters. The van der Waals surface area contributed by atoms with Crippen LogP contribution < -0.4 is 16.2 Å². The van der Waals surface area contributed by atoms with Crippen molar-refractivity contribution in [3.05, 3.63) is 21.0 Å². The Hall–Kier alpha value is -0.880. The lowest BCUT2D eigenvalue weighted by Crippen LogP contribution is -2.46. The monoisotopic (exact) mass is 342 g/mol. The van der Waals surface area contributed by atoms with Gasteiger partial charge in [-0.15, -0.1) is 0 Å². The number of halogens is 1. The molecular weight excluding hydrogens is 320 g/mol. The first-order valence-electron chi connectivity index (χ1n) is 7.32. The van der Waals surface area contributed by atoms with Crippen LogP contribution in [0.4, 0.5) is 5.69 Å². The van der Waals surface area contributed by atoms with Gasteiger partial charge in [0.2, 0.25) is 0 Å². The second-order valence-corrected chi connectivity index (χ2v) is 6.35. The van der Waals surface area contributed by atoms with Gasteiger partial charge >= 0.3 is 0 Å². The fraction of sp³-hybridized carbons (Fsp3) is 0.714. The fourth-order valence-corrected chi connectivity index (χ4v) is 3.22. The van der Waals surface area contributed by atoms with Crippen LogP contribution in [-0.2, 0) is 6.54 Å². The van der Waals surface area contributed by atoms with E-state index in [1.807, 2.05) is 0 Å². The van der Waals surface area contributed by atoms with Gasteiger partial charge in [-0.05, 0) is 42.1 Å². The number of nitrogens with zero attached hydrogens (tertiary/aromatic N) is 3. The Morgan fingerprint density at radius 1 is 1.55 bits per heavy atom. The second-order valence-electron chi connectivity index (χ2n) is 5.55. The molecular formula is C14H23BrN4O. The topological polar surface area (TPSA) is 64.2 Å². The van der Waals surface area contributed by atoms with E-state index in [4.69, 9.17) is 5.73 Å². The van der Waals surface area contributed by atoms with Crippen LogP contribution in [0.3, 0.4) is 0 Å². The van der Waals surface area contributed by atoms with E-state index in [9.17, 15) is 4.79 Å². The van der Waals surface area contributed by atoms with Crippen molar-refractivity contribution in [3.8, 4) is 0 Å². The Morgan fingerprint density at radius 3 is 2.95 bits per heavy atom. The van der Waals surface area contributed by atoms with Crippen LogP contribution in [0.2, 0.25) is 0 Å². The fourth-order valence-electron chi connectivity index (χ4n) is 2.69. The van der Waals surface area contributed by atoms with E-state index in [-0.39, 0.29) is 11.6 Å². The first-order valence-corrected chi connectivity index (χ1v) is 8.11.